The lowest BCUT2D eigenvalue weighted by molar-refractivity contribution is -0.145. The Balaban J connectivity index is 1.96. The minimum absolute atomic E-state index is 0.0783. The molecule has 0 saturated heterocycles. The quantitative estimate of drug-likeness (QED) is 0.869. The number of nitrogens with zero attached hydrogens (tertiary/aromatic N) is 1. The van der Waals surface area contributed by atoms with E-state index in [1.165, 1.54) is 0 Å². The SMILES string of the molecule is CCCCC1(O)C2=C(C=CCC2)C(=O)N1Cc1ccccc1OC. The number of allylic oxidation sites excluding steroid dienone is 1. The number of hydrogen-bond donors (Lipinski definition) is 1. The summed E-state index contributed by atoms with van der Waals surface area (Å²) < 4.78 is 5.41. The molecule has 0 bridgehead atoms. The second-order valence-electron chi connectivity index (χ2n) is 6.46. The molecule has 0 aromatic heterocycles. The van der Waals surface area contributed by atoms with Gasteiger partial charge in [-0.1, -0.05) is 43.7 Å². The molecule has 4 heteroatoms. The van der Waals surface area contributed by atoms with Gasteiger partial charge in [0, 0.05) is 11.1 Å². The number of amides is 1. The van der Waals surface area contributed by atoms with Crippen molar-refractivity contribution in [2.45, 2.75) is 51.3 Å². The fourth-order valence-electron chi connectivity index (χ4n) is 3.67. The van der Waals surface area contributed by atoms with Crippen LogP contribution in [0.5, 0.6) is 5.75 Å². The van der Waals surface area contributed by atoms with Crippen molar-refractivity contribution in [3.8, 4) is 5.75 Å². The van der Waals surface area contributed by atoms with Crippen LogP contribution in [-0.2, 0) is 11.3 Å². The van der Waals surface area contributed by atoms with Crippen LogP contribution in [0.4, 0.5) is 0 Å². The first-order valence-electron chi connectivity index (χ1n) is 8.68. The minimum atomic E-state index is -1.17. The van der Waals surface area contributed by atoms with Gasteiger partial charge in [-0.25, -0.2) is 0 Å². The molecule has 0 radical (unpaired) electrons. The van der Waals surface area contributed by atoms with Crippen LogP contribution in [0.1, 0.15) is 44.6 Å². The highest BCUT2D eigenvalue weighted by atomic mass is 16.5. The van der Waals surface area contributed by atoms with Crippen LogP contribution in [0.25, 0.3) is 0 Å². The molecular weight excluding hydrogens is 302 g/mol. The summed E-state index contributed by atoms with van der Waals surface area (Å²) in [5.74, 6) is 0.661. The van der Waals surface area contributed by atoms with Gasteiger partial charge in [-0.05, 0) is 37.3 Å². The summed E-state index contributed by atoms with van der Waals surface area (Å²) in [6.45, 7) is 2.45. The highest BCUT2D eigenvalue weighted by Gasteiger charge is 2.49. The van der Waals surface area contributed by atoms with Gasteiger partial charge in [0.05, 0.1) is 13.7 Å². The highest BCUT2D eigenvalue weighted by Crippen LogP contribution is 2.43. The van der Waals surface area contributed by atoms with E-state index in [-0.39, 0.29) is 5.91 Å². The first-order valence-corrected chi connectivity index (χ1v) is 8.68. The predicted octanol–water partition coefficient (Wildman–Crippen LogP) is 3.56. The van der Waals surface area contributed by atoms with Gasteiger partial charge in [0.1, 0.15) is 5.75 Å². The van der Waals surface area contributed by atoms with Crippen LogP contribution in [0.2, 0.25) is 0 Å². The summed E-state index contributed by atoms with van der Waals surface area (Å²) in [5, 5.41) is 11.4. The number of carbonyl (C=O) groups is 1. The van der Waals surface area contributed by atoms with Crippen molar-refractivity contribution in [1.82, 2.24) is 4.90 Å². The Morgan fingerprint density at radius 1 is 1.33 bits per heavy atom. The normalized spacial score (nSPS) is 23.0. The molecule has 1 N–H and O–H groups in total. The molecule has 1 amide bonds. The smallest absolute Gasteiger partial charge is 0.256 e. The Labute approximate surface area is 143 Å². The molecule has 24 heavy (non-hydrogen) atoms. The molecule has 1 heterocycles. The summed E-state index contributed by atoms with van der Waals surface area (Å²) in [4.78, 5) is 14.6. The molecule has 1 aromatic carbocycles. The van der Waals surface area contributed by atoms with Gasteiger partial charge in [-0.2, -0.15) is 0 Å². The zero-order chi connectivity index (χ0) is 17.2. The van der Waals surface area contributed by atoms with Gasteiger partial charge in [0.15, 0.2) is 5.72 Å². The number of methoxy groups -OCH3 is 1. The maximum absolute atomic E-state index is 12.9. The van der Waals surface area contributed by atoms with Gasteiger partial charge in [-0.3, -0.25) is 4.79 Å². The van der Waals surface area contributed by atoms with E-state index in [1.807, 2.05) is 36.4 Å². The van der Waals surface area contributed by atoms with Crippen LogP contribution in [0.3, 0.4) is 0 Å². The maximum atomic E-state index is 12.9. The lowest BCUT2D eigenvalue weighted by Gasteiger charge is -2.37. The number of unbranched alkanes of at least 4 members (excludes halogenated alkanes) is 1. The number of rotatable bonds is 6. The third-order valence-corrected chi connectivity index (χ3v) is 4.98. The lowest BCUT2D eigenvalue weighted by atomic mass is 9.89. The van der Waals surface area contributed by atoms with Crippen LogP contribution in [0, 0.1) is 0 Å². The van der Waals surface area contributed by atoms with E-state index >= 15 is 0 Å². The van der Waals surface area contributed by atoms with Crippen LogP contribution in [0.15, 0.2) is 47.6 Å². The zero-order valence-corrected chi connectivity index (χ0v) is 14.4. The van der Waals surface area contributed by atoms with Gasteiger partial charge < -0.3 is 14.7 Å². The molecule has 1 unspecified atom stereocenters. The minimum Gasteiger partial charge on any atom is -0.496 e. The fraction of sp³-hybridized carbons (Fsp3) is 0.450. The molecule has 128 valence electrons. The largest absolute Gasteiger partial charge is 0.496 e. The molecule has 1 aromatic rings. The van der Waals surface area contributed by atoms with Crippen LogP contribution in [-0.4, -0.2) is 28.7 Å². The molecule has 1 aliphatic heterocycles. The second kappa shape index (κ2) is 6.81. The average Bonchev–Trinajstić information content (AvgIpc) is 2.83. The van der Waals surface area contributed by atoms with E-state index in [0.29, 0.717) is 18.5 Å². The Kier molecular flexibility index (Phi) is 4.76. The van der Waals surface area contributed by atoms with E-state index < -0.39 is 5.72 Å². The Morgan fingerprint density at radius 2 is 2.12 bits per heavy atom. The van der Waals surface area contributed by atoms with Crippen LogP contribution >= 0.6 is 0 Å². The molecular formula is C20H25NO3. The Bertz CT molecular complexity index is 692. The highest BCUT2D eigenvalue weighted by molar-refractivity contribution is 6.01. The summed E-state index contributed by atoms with van der Waals surface area (Å²) >= 11 is 0. The number of benzene rings is 1. The van der Waals surface area contributed by atoms with Crippen LogP contribution < -0.4 is 4.74 Å². The second-order valence-corrected chi connectivity index (χ2v) is 6.46. The zero-order valence-electron chi connectivity index (χ0n) is 14.4. The van der Waals surface area contributed by atoms with E-state index in [4.69, 9.17) is 4.74 Å². The Morgan fingerprint density at radius 3 is 2.88 bits per heavy atom. The van der Waals surface area contributed by atoms with Gasteiger partial charge in [0.25, 0.3) is 5.91 Å². The molecule has 3 rings (SSSR count). The average molecular weight is 327 g/mol. The standard InChI is InChI=1S/C20H25NO3/c1-3-4-13-20(23)17-11-7-6-10-16(17)19(22)21(20)14-15-9-5-8-12-18(15)24-2/h5-6,8-10,12,23H,3-4,7,11,13-14H2,1-2H3. The van der Waals surface area contributed by atoms with Crippen molar-refractivity contribution in [2.75, 3.05) is 7.11 Å². The van der Waals surface area contributed by atoms with E-state index in [2.05, 4.69) is 6.92 Å². The van der Waals surface area contributed by atoms with E-state index in [1.54, 1.807) is 12.0 Å². The number of ether oxygens (including phenoxy) is 1. The fourth-order valence-corrected chi connectivity index (χ4v) is 3.67. The summed E-state index contributed by atoms with van der Waals surface area (Å²) in [7, 11) is 1.62. The molecule has 1 aliphatic carbocycles. The molecule has 0 fully saturated rings. The van der Waals surface area contributed by atoms with Gasteiger partial charge >= 0.3 is 0 Å². The van der Waals surface area contributed by atoms with E-state index in [0.717, 1.165) is 42.6 Å². The topological polar surface area (TPSA) is 49.8 Å². The van der Waals surface area contributed by atoms with Crippen molar-refractivity contribution in [2.24, 2.45) is 0 Å². The molecule has 0 spiro atoms. The first kappa shape index (κ1) is 16.8. The van der Waals surface area contributed by atoms with Crippen molar-refractivity contribution in [3.05, 3.63) is 53.1 Å². The van der Waals surface area contributed by atoms with Crippen molar-refractivity contribution in [1.29, 1.82) is 0 Å². The van der Waals surface area contributed by atoms with Gasteiger partial charge in [-0.15, -0.1) is 0 Å². The number of para-hydroxylation sites is 1. The summed E-state index contributed by atoms with van der Waals surface area (Å²) in [6.07, 6.45) is 7.97. The predicted molar refractivity (Wildman–Crippen MR) is 93.4 cm³/mol. The number of carbonyl (C=O) groups excluding carboxylic acids is 1. The van der Waals surface area contributed by atoms with Crippen molar-refractivity contribution in [3.63, 3.8) is 0 Å². The van der Waals surface area contributed by atoms with Crippen molar-refractivity contribution < 1.29 is 14.6 Å². The molecule has 1 atom stereocenters. The monoisotopic (exact) mass is 327 g/mol. The molecule has 0 saturated carbocycles. The third kappa shape index (κ3) is 2.75. The van der Waals surface area contributed by atoms with Crippen molar-refractivity contribution >= 4 is 5.91 Å². The number of aliphatic hydroxyl groups is 1. The third-order valence-electron chi connectivity index (χ3n) is 4.98. The summed E-state index contributed by atoms with van der Waals surface area (Å²) in [6, 6.07) is 7.66. The molecule has 4 nitrogen and oxygen atoms in total. The maximum Gasteiger partial charge on any atom is 0.256 e. The first-order chi connectivity index (χ1) is 11.6. The Hall–Kier alpha value is -2.07. The number of hydrogen-bond acceptors (Lipinski definition) is 3. The van der Waals surface area contributed by atoms with Gasteiger partial charge in [0.2, 0.25) is 0 Å². The summed E-state index contributed by atoms with van der Waals surface area (Å²) in [5.41, 5.74) is 1.30. The lowest BCUT2D eigenvalue weighted by Crippen LogP contribution is -2.48. The van der Waals surface area contributed by atoms with E-state index in [9.17, 15) is 9.90 Å². The molecule has 2 aliphatic rings.